The van der Waals surface area contributed by atoms with Crippen LogP contribution in [0.2, 0.25) is 0 Å². The van der Waals surface area contributed by atoms with Gasteiger partial charge in [0, 0.05) is 24.6 Å². The predicted octanol–water partition coefficient (Wildman–Crippen LogP) is 3.66. The quantitative estimate of drug-likeness (QED) is 0.730. The van der Waals surface area contributed by atoms with Crippen LogP contribution in [0.25, 0.3) is 0 Å². The Morgan fingerprint density at radius 3 is 2.74 bits per heavy atom. The molecule has 3 heteroatoms. The fraction of sp³-hybridized carbons (Fsp3) is 0.562. The molecule has 0 radical (unpaired) electrons. The molecule has 0 heterocycles. The van der Waals surface area contributed by atoms with Gasteiger partial charge in [0.2, 0.25) is 0 Å². The van der Waals surface area contributed by atoms with Gasteiger partial charge in [-0.1, -0.05) is 31.9 Å². The van der Waals surface area contributed by atoms with Crippen molar-refractivity contribution in [3.63, 3.8) is 0 Å². The van der Waals surface area contributed by atoms with Crippen molar-refractivity contribution in [1.82, 2.24) is 4.90 Å². The summed E-state index contributed by atoms with van der Waals surface area (Å²) >= 11 is 0. The second kappa shape index (κ2) is 6.80. The van der Waals surface area contributed by atoms with Crippen LogP contribution < -0.4 is 0 Å². The number of carbonyl (C=O) groups excluding carboxylic acids is 1. The molecule has 0 spiro atoms. The van der Waals surface area contributed by atoms with Crippen LogP contribution in [0, 0.1) is 5.82 Å². The van der Waals surface area contributed by atoms with Gasteiger partial charge in [-0.25, -0.2) is 4.39 Å². The zero-order chi connectivity index (χ0) is 13.7. The van der Waals surface area contributed by atoms with Gasteiger partial charge >= 0.3 is 0 Å². The van der Waals surface area contributed by atoms with Crippen molar-refractivity contribution in [3.05, 3.63) is 35.6 Å². The Hall–Kier alpha value is -1.22. The van der Waals surface area contributed by atoms with E-state index in [1.165, 1.54) is 37.8 Å². The van der Waals surface area contributed by atoms with Crippen molar-refractivity contribution < 1.29 is 9.18 Å². The second-order valence-electron chi connectivity index (χ2n) is 5.25. The number of halogens is 1. The molecule has 0 unspecified atom stereocenters. The zero-order valence-electron chi connectivity index (χ0n) is 11.6. The molecule has 19 heavy (non-hydrogen) atoms. The zero-order valence-corrected chi connectivity index (χ0v) is 11.6. The van der Waals surface area contributed by atoms with Crippen LogP contribution in [-0.2, 0) is 0 Å². The van der Waals surface area contributed by atoms with Crippen LogP contribution in [0.3, 0.4) is 0 Å². The van der Waals surface area contributed by atoms with E-state index in [4.69, 9.17) is 0 Å². The molecule has 1 aromatic carbocycles. The highest BCUT2D eigenvalue weighted by atomic mass is 19.1. The first kappa shape index (κ1) is 14.2. The van der Waals surface area contributed by atoms with Crippen LogP contribution >= 0.6 is 0 Å². The summed E-state index contributed by atoms with van der Waals surface area (Å²) in [6, 6.07) is 6.63. The Bertz CT molecular complexity index is 427. The SMILES string of the molecule is CCN(CCC(=O)c1cccc(F)c1)C1CCCC1. The number of rotatable bonds is 6. The summed E-state index contributed by atoms with van der Waals surface area (Å²) in [5.41, 5.74) is 0.488. The fourth-order valence-electron chi connectivity index (χ4n) is 2.92. The Kier molecular flexibility index (Phi) is 5.08. The van der Waals surface area contributed by atoms with E-state index in [1.54, 1.807) is 12.1 Å². The fourth-order valence-corrected chi connectivity index (χ4v) is 2.92. The lowest BCUT2D eigenvalue weighted by atomic mass is 10.1. The maximum Gasteiger partial charge on any atom is 0.164 e. The van der Waals surface area contributed by atoms with E-state index < -0.39 is 0 Å². The van der Waals surface area contributed by atoms with Gasteiger partial charge < -0.3 is 4.90 Å². The number of Topliss-reactive ketones (excluding diaryl/α,β-unsaturated/α-hetero) is 1. The van der Waals surface area contributed by atoms with Crippen molar-refractivity contribution in [2.45, 2.75) is 45.1 Å². The lowest BCUT2D eigenvalue weighted by Crippen LogP contribution is -2.34. The van der Waals surface area contributed by atoms with Crippen LogP contribution in [0.4, 0.5) is 4.39 Å². The third-order valence-corrected chi connectivity index (χ3v) is 4.02. The first-order valence-electron chi connectivity index (χ1n) is 7.23. The molecule has 0 aromatic heterocycles. The second-order valence-corrected chi connectivity index (χ2v) is 5.25. The van der Waals surface area contributed by atoms with Gasteiger partial charge in [-0.15, -0.1) is 0 Å². The maximum atomic E-state index is 13.1. The van der Waals surface area contributed by atoms with Crippen molar-refractivity contribution in [2.24, 2.45) is 0 Å². The smallest absolute Gasteiger partial charge is 0.164 e. The molecule has 0 saturated heterocycles. The highest BCUT2D eigenvalue weighted by molar-refractivity contribution is 5.96. The van der Waals surface area contributed by atoms with E-state index in [9.17, 15) is 9.18 Å². The summed E-state index contributed by atoms with van der Waals surface area (Å²) in [7, 11) is 0. The van der Waals surface area contributed by atoms with Crippen LogP contribution in [0.1, 0.15) is 49.4 Å². The molecule has 0 atom stereocenters. The van der Waals surface area contributed by atoms with E-state index in [0.717, 1.165) is 13.1 Å². The van der Waals surface area contributed by atoms with Gasteiger partial charge in [-0.3, -0.25) is 4.79 Å². The Morgan fingerprint density at radius 1 is 1.37 bits per heavy atom. The topological polar surface area (TPSA) is 20.3 Å². The number of benzene rings is 1. The van der Waals surface area contributed by atoms with E-state index in [2.05, 4.69) is 11.8 Å². The van der Waals surface area contributed by atoms with E-state index in [-0.39, 0.29) is 11.6 Å². The van der Waals surface area contributed by atoms with Crippen molar-refractivity contribution in [2.75, 3.05) is 13.1 Å². The standard InChI is InChI=1S/C16H22FNO/c1-2-18(15-8-3-4-9-15)11-10-16(19)13-6-5-7-14(17)12-13/h5-7,12,15H,2-4,8-11H2,1H3. The average Bonchev–Trinajstić information content (AvgIpc) is 2.93. The first-order chi connectivity index (χ1) is 9.20. The van der Waals surface area contributed by atoms with Crippen LogP contribution in [0.15, 0.2) is 24.3 Å². The van der Waals surface area contributed by atoms with Crippen molar-refractivity contribution in [1.29, 1.82) is 0 Å². The molecular weight excluding hydrogens is 241 g/mol. The van der Waals surface area contributed by atoms with Crippen molar-refractivity contribution >= 4 is 5.78 Å². The molecular formula is C16H22FNO. The van der Waals surface area contributed by atoms with Crippen molar-refractivity contribution in [3.8, 4) is 0 Å². The third kappa shape index (κ3) is 3.87. The number of hydrogen-bond acceptors (Lipinski definition) is 2. The van der Waals surface area contributed by atoms with E-state index in [1.807, 2.05) is 0 Å². The highest BCUT2D eigenvalue weighted by Gasteiger charge is 2.21. The summed E-state index contributed by atoms with van der Waals surface area (Å²) in [4.78, 5) is 14.4. The minimum atomic E-state index is -0.339. The van der Waals surface area contributed by atoms with Gasteiger partial charge in [-0.2, -0.15) is 0 Å². The first-order valence-corrected chi connectivity index (χ1v) is 7.23. The summed E-state index contributed by atoms with van der Waals surface area (Å²) in [6.07, 6.45) is 5.59. The third-order valence-electron chi connectivity index (χ3n) is 4.02. The minimum Gasteiger partial charge on any atom is -0.300 e. The van der Waals surface area contributed by atoms with Crippen LogP contribution in [0.5, 0.6) is 0 Å². The van der Waals surface area contributed by atoms with E-state index in [0.29, 0.717) is 18.0 Å². The largest absolute Gasteiger partial charge is 0.300 e. The number of carbonyl (C=O) groups is 1. The van der Waals surface area contributed by atoms with Gasteiger partial charge in [0.15, 0.2) is 5.78 Å². The summed E-state index contributed by atoms with van der Waals surface area (Å²) in [6.45, 7) is 3.92. The lowest BCUT2D eigenvalue weighted by Gasteiger charge is -2.27. The summed E-state index contributed by atoms with van der Waals surface area (Å²) in [5.74, 6) is -0.301. The summed E-state index contributed by atoms with van der Waals surface area (Å²) < 4.78 is 13.1. The predicted molar refractivity (Wildman–Crippen MR) is 74.9 cm³/mol. The van der Waals surface area contributed by atoms with Gasteiger partial charge in [0.25, 0.3) is 0 Å². The molecule has 1 fully saturated rings. The number of hydrogen-bond donors (Lipinski definition) is 0. The monoisotopic (exact) mass is 263 g/mol. The average molecular weight is 263 g/mol. The maximum absolute atomic E-state index is 13.1. The lowest BCUT2D eigenvalue weighted by molar-refractivity contribution is 0.0952. The minimum absolute atomic E-state index is 0.0379. The van der Waals surface area contributed by atoms with Gasteiger partial charge in [-0.05, 0) is 31.5 Å². The molecule has 0 N–H and O–H groups in total. The van der Waals surface area contributed by atoms with Gasteiger partial charge in [0.1, 0.15) is 5.82 Å². The molecule has 1 saturated carbocycles. The molecule has 2 rings (SSSR count). The Labute approximate surface area is 114 Å². The Morgan fingerprint density at radius 2 is 2.11 bits per heavy atom. The van der Waals surface area contributed by atoms with E-state index >= 15 is 0 Å². The molecule has 0 bridgehead atoms. The van der Waals surface area contributed by atoms with Crippen LogP contribution in [-0.4, -0.2) is 29.8 Å². The highest BCUT2D eigenvalue weighted by Crippen LogP contribution is 2.23. The Balaban J connectivity index is 1.88. The molecule has 0 aliphatic heterocycles. The molecule has 2 nitrogen and oxygen atoms in total. The summed E-state index contributed by atoms with van der Waals surface area (Å²) in [5, 5.41) is 0. The molecule has 1 aliphatic carbocycles. The molecule has 104 valence electrons. The van der Waals surface area contributed by atoms with Gasteiger partial charge in [0.05, 0.1) is 0 Å². The normalized spacial score (nSPS) is 16.2. The molecule has 0 amide bonds. The molecule has 1 aromatic rings. The molecule has 1 aliphatic rings. The number of ketones is 1. The number of nitrogens with zero attached hydrogens (tertiary/aromatic N) is 1.